The number of carbonyl (C=O) groups is 2. The van der Waals surface area contributed by atoms with E-state index in [-0.39, 0.29) is 24.6 Å². The van der Waals surface area contributed by atoms with Gasteiger partial charge in [-0.05, 0) is 35.9 Å². The summed E-state index contributed by atoms with van der Waals surface area (Å²) in [5.41, 5.74) is 0.744. The molecule has 3 rings (SSSR count). The van der Waals surface area contributed by atoms with Crippen LogP contribution >= 0.6 is 0 Å². The Balaban J connectivity index is 1.83. The van der Waals surface area contributed by atoms with Crippen LogP contribution in [0.5, 0.6) is 5.75 Å². The maximum absolute atomic E-state index is 13.6. The van der Waals surface area contributed by atoms with Crippen LogP contribution in [0, 0.1) is 11.6 Å². The average Bonchev–Trinajstić information content (AvgIpc) is 2.75. The van der Waals surface area contributed by atoms with Crippen LogP contribution < -0.4 is 10.1 Å². The minimum absolute atomic E-state index is 0.0140. The van der Waals surface area contributed by atoms with Gasteiger partial charge in [0.2, 0.25) is 5.91 Å². The zero-order chi connectivity index (χ0) is 20.8. The summed E-state index contributed by atoms with van der Waals surface area (Å²) >= 11 is 0. The number of nitrogens with zero attached hydrogens (tertiary/aromatic N) is 2. The van der Waals surface area contributed by atoms with Gasteiger partial charge in [0.1, 0.15) is 12.3 Å². The highest BCUT2D eigenvalue weighted by molar-refractivity contribution is 5.96. The van der Waals surface area contributed by atoms with Crippen LogP contribution in [0.25, 0.3) is 0 Å². The molecule has 1 aliphatic heterocycles. The highest BCUT2D eigenvalue weighted by Gasteiger charge is 2.24. The Kier molecular flexibility index (Phi) is 6.77. The quantitative estimate of drug-likeness (QED) is 0.802. The normalized spacial score (nSPS) is 13.8. The summed E-state index contributed by atoms with van der Waals surface area (Å²) in [5.74, 6) is -2.25. The molecule has 6 nitrogen and oxygen atoms in total. The van der Waals surface area contributed by atoms with Crippen LogP contribution in [0.4, 0.5) is 8.78 Å². The van der Waals surface area contributed by atoms with E-state index in [1.807, 2.05) is 6.07 Å². The molecule has 1 fully saturated rings. The number of rotatable bonds is 6. The Hall–Kier alpha value is -3.00. The molecule has 1 aliphatic rings. The lowest BCUT2D eigenvalue weighted by molar-refractivity contribution is -0.132. The van der Waals surface area contributed by atoms with Gasteiger partial charge >= 0.3 is 0 Å². The minimum atomic E-state index is -1.11. The zero-order valence-corrected chi connectivity index (χ0v) is 16.2. The molecule has 1 heterocycles. The Bertz CT molecular complexity index is 885. The highest BCUT2D eigenvalue weighted by Crippen LogP contribution is 2.17. The molecule has 29 heavy (non-hydrogen) atoms. The third-order valence-corrected chi connectivity index (χ3v) is 4.76. The monoisotopic (exact) mass is 403 g/mol. The van der Waals surface area contributed by atoms with Crippen molar-refractivity contribution in [3.63, 3.8) is 0 Å². The van der Waals surface area contributed by atoms with Crippen LogP contribution in [0.1, 0.15) is 15.9 Å². The van der Waals surface area contributed by atoms with Crippen molar-refractivity contribution in [1.29, 1.82) is 0 Å². The Morgan fingerprint density at radius 2 is 1.86 bits per heavy atom. The summed E-state index contributed by atoms with van der Waals surface area (Å²) in [5, 5.41) is 3.17. The molecule has 0 bridgehead atoms. The van der Waals surface area contributed by atoms with Gasteiger partial charge in [0.15, 0.2) is 11.6 Å². The lowest BCUT2D eigenvalue weighted by Gasteiger charge is -2.30. The molecule has 0 radical (unpaired) electrons. The third-order valence-electron chi connectivity index (χ3n) is 4.76. The largest absolute Gasteiger partial charge is 0.497 e. The number of methoxy groups -OCH3 is 1. The first-order valence-corrected chi connectivity index (χ1v) is 9.33. The van der Waals surface area contributed by atoms with Gasteiger partial charge in [0, 0.05) is 38.3 Å². The molecular formula is C21H23F2N3O3. The summed E-state index contributed by atoms with van der Waals surface area (Å²) < 4.78 is 32.1. The van der Waals surface area contributed by atoms with Crippen molar-refractivity contribution in [2.45, 2.75) is 6.54 Å². The van der Waals surface area contributed by atoms with Gasteiger partial charge in [0.05, 0.1) is 7.11 Å². The van der Waals surface area contributed by atoms with Gasteiger partial charge in [-0.2, -0.15) is 0 Å². The number of ether oxygens (including phenoxy) is 1. The fraction of sp³-hybridized carbons (Fsp3) is 0.333. The van der Waals surface area contributed by atoms with Crippen LogP contribution in [0.3, 0.4) is 0 Å². The third kappa shape index (κ3) is 5.29. The van der Waals surface area contributed by atoms with E-state index in [9.17, 15) is 18.4 Å². The second kappa shape index (κ2) is 9.47. The molecule has 2 aromatic rings. The van der Waals surface area contributed by atoms with Crippen molar-refractivity contribution >= 4 is 11.8 Å². The van der Waals surface area contributed by atoms with Crippen LogP contribution in [-0.2, 0) is 11.3 Å². The second-order valence-electron chi connectivity index (χ2n) is 6.77. The summed E-state index contributed by atoms with van der Waals surface area (Å²) in [6.07, 6.45) is 0. The van der Waals surface area contributed by atoms with Gasteiger partial charge in [-0.25, -0.2) is 8.78 Å². The smallest absolute Gasteiger partial charge is 0.254 e. The minimum Gasteiger partial charge on any atom is -0.497 e. The highest BCUT2D eigenvalue weighted by atomic mass is 19.2. The van der Waals surface area contributed by atoms with E-state index in [0.29, 0.717) is 31.9 Å². The molecule has 8 heteroatoms. The fourth-order valence-corrected chi connectivity index (χ4v) is 3.18. The number of halogens is 2. The molecule has 0 atom stereocenters. The van der Waals surface area contributed by atoms with Crippen molar-refractivity contribution in [2.24, 2.45) is 0 Å². The number of amides is 2. The van der Waals surface area contributed by atoms with E-state index < -0.39 is 17.5 Å². The van der Waals surface area contributed by atoms with E-state index in [4.69, 9.17) is 4.74 Å². The van der Waals surface area contributed by atoms with Gasteiger partial charge < -0.3 is 19.9 Å². The lowest BCUT2D eigenvalue weighted by Crippen LogP contribution is -2.50. The Morgan fingerprint density at radius 1 is 1.10 bits per heavy atom. The van der Waals surface area contributed by atoms with E-state index in [1.165, 1.54) is 18.1 Å². The van der Waals surface area contributed by atoms with E-state index in [0.717, 1.165) is 17.7 Å². The first-order valence-electron chi connectivity index (χ1n) is 9.33. The summed E-state index contributed by atoms with van der Waals surface area (Å²) in [4.78, 5) is 28.8. The lowest BCUT2D eigenvalue weighted by atomic mass is 10.1. The van der Waals surface area contributed by atoms with Crippen molar-refractivity contribution in [2.75, 3.05) is 39.8 Å². The average molecular weight is 403 g/mol. The standard InChI is InChI=1S/C21H23F2N3O3/c1-29-17-4-2-3-15(11-17)13-26(14-20(27)25-9-7-24-8-10-25)21(28)16-5-6-18(22)19(23)12-16/h2-6,11-12,24H,7-10,13-14H2,1H3. The Labute approximate surface area is 168 Å². The summed E-state index contributed by atoms with van der Waals surface area (Å²) in [7, 11) is 1.54. The maximum atomic E-state index is 13.6. The van der Waals surface area contributed by atoms with E-state index >= 15 is 0 Å². The molecule has 0 saturated carbocycles. The summed E-state index contributed by atoms with van der Waals surface area (Å²) in [6.45, 7) is 2.48. The number of hydrogen-bond acceptors (Lipinski definition) is 4. The molecule has 154 valence electrons. The van der Waals surface area contributed by atoms with Gasteiger partial charge in [-0.1, -0.05) is 12.1 Å². The SMILES string of the molecule is COc1cccc(CN(CC(=O)N2CCNCC2)C(=O)c2ccc(F)c(F)c2)c1. The number of piperazine rings is 1. The number of nitrogens with one attached hydrogen (secondary N) is 1. The second-order valence-corrected chi connectivity index (χ2v) is 6.77. The fourth-order valence-electron chi connectivity index (χ4n) is 3.18. The summed E-state index contributed by atoms with van der Waals surface area (Å²) in [6, 6.07) is 10.1. The first kappa shape index (κ1) is 20.7. The van der Waals surface area contributed by atoms with E-state index in [1.54, 1.807) is 23.1 Å². The maximum Gasteiger partial charge on any atom is 0.254 e. The van der Waals surface area contributed by atoms with E-state index in [2.05, 4.69) is 5.32 Å². The number of carbonyl (C=O) groups excluding carboxylic acids is 2. The number of benzene rings is 2. The van der Waals surface area contributed by atoms with Crippen molar-refractivity contribution < 1.29 is 23.1 Å². The molecule has 2 aromatic carbocycles. The van der Waals surface area contributed by atoms with Crippen LogP contribution in [0.15, 0.2) is 42.5 Å². The predicted molar refractivity (Wildman–Crippen MR) is 104 cm³/mol. The van der Waals surface area contributed by atoms with Gasteiger partial charge in [0.25, 0.3) is 5.91 Å². The van der Waals surface area contributed by atoms with Crippen LogP contribution in [-0.4, -0.2) is 61.4 Å². The molecule has 0 spiro atoms. The molecule has 0 aromatic heterocycles. The predicted octanol–water partition coefficient (Wildman–Crippen LogP) is 2.05. The molecule has 1 N–H and O–H groups in total. The van der Waals surface area contributed by atoms with Crippen LogP contribution in [0.2, 0.25) is 0 Å². The topological polar surface area (TPSA) is 61.9 Å². The van der Waals surface area contributed by atoms with Crippen molar-refractivity contribution in [3.8, 4) is 5.75 Å². The molecular weight excluding hydrogens is 380 g/mol. The molecule has 2 amide bonds. The van der Waals surface area contributed by atoms with Crippen molar-refractivity contribution in [1.82, 2.24) is 15.1 Å². The number of hydrogen-bond donors (Lipinski definition) is 1. The first-order chi connectivity index (χ1) is 14.0. The van der Waals surface area contributed by atoms with Gasteiger partial charge in [-0.3, -0.25) is 9.59 Å². The van der Waals surface area contributed by atoms with Crippen molar-refractivity contribution in [3.05, 3.63) is 65.2 Å². The zero-order valence-electron chi connectivity index (χ0n) is 16.2. The Morgan fingerprint density at radius 3 is 2.55 bits per heavy atom. The molecule has 0 aliphatic carbocycles. The molecule has 0 unspecified atom stereocenters. The van der Waals surface area contributed by atoms with Gasteiger partial charge in [-0.15, -0.1) is 0 Å². The molecule has 1 saturated heterocycles.